The van der Waals surface area contributed by atoms with Gasteiger partial charge in [0.2, 0.25) is 0 Å². The van der Waals surface area contributed by atoms with Gasteiger partial charge in [0.1, 0.15) is 0 Å². The second kappa shape index (κ2) is 9.44. The van der Waals surface area contributed by atoms with Gasteiger partial charge in [-0.2, -0.15) is 0 Å². The number of nitrogens with zero attached hydrogens (tertiary/aromatic N) is 1. The predicted octanol–water partition coefficient (Wildman–Crippen LogP) is 4.13. The molecule has 0 aliphatic carbocycles. The Morgan fingerprint density at radius 1 is 1.14 bits per heavy atom. The molecule has 2 rings (SSSR count). The number of amides is 2. The summed E-state index contributed by atoms with van der Waals surface area (Å²) >= 11 is 0. The number of likely N-dealkylation sites (tertiary alicyclic amines) is 1. The molecule has 1 heterocycles. The fourth-order valence-electron chi connectivity index (χ4n) is 3.81. The summed E-state index contributed by atoms with van der Waals surface area (Å²) in [6.45, 7) is 15.0. The molecule has 5 nitrogen and oxygen atoms in total. The lowest BCUT2D eigenvalue weighted by atomic mass is 9.83. The molecule has 0 spiro atoms. The first-order valence-electron chi connectivity index (χ1n) is 10.4. The van der Waals surface area contributed by atoms with Gasteiger partial charge in [-0.3, -0.25) is 4.79 Å². The van der Waals surface area contributed by atoms with Gasteiger partial charge in [-0.15, -0.1) is 0 Å². The highest BCUT2D eigenvalue weighted by molar-refractivity contribution is 5.76. The Hall–Kier alpha value is -2.04. The smallest absolute Gasteiger partial charge is 0.317 e. The molecule has 0 saturated carbocycles. The SMILES string of the molecule is CCOC(=O)C1CCN(C(=O)NCCc2c(C)cc(C(C)(C)C)cc2C)CC1. The van der Waals surface area contributed by atoms with Crippen LogP contribution < -0.4 is 5.32 Å². The zero-order valence-corrected chi connectivity index (χ0v) is 18.4. The maximum Gasteiger partial charge on any atom is 0.317 e. The normalized spacial score (nSPS) is 15.4. The summed E-state index contributed by atoms with van der Waals surface area (Å²) in [5.41, 5.74) is 5.37. The van der Waals surface area contributed by atoms with E-state index in [1.165, 1.54) is 22.3 Å². The van der Waals surface area contributed by atoms with Crippen molar-refractivity contribution >= 4 is 12.0 Å². The van der Waals surface area contributed by atoms with Gasteiger partial charge in [-0.05, 0) is 67.7 Å². The fourth-order valence-corrected chi connectivity index (χ4v) is 3.81. The summed E-state index contributed by atoms with van der Waals surface area (Å²) in [4.78, 5) is 26.1. The number of nitrogens with one attached hydrogen (secondary N) is 1. The van der Waals surface area contributed by atoms with Crippen LogP contribution in [0.1, 0.15) is 62.8 Å². The number of aryl methyl sites for hydroxylation is 2. The van der Waals surface area contributed by atoms with Gasteiger partial charge >= 0.3 is 12.0 Å². The molecule has 156 valence electrons. The summed E-state index contributed by atoms with van der Waals surface area (Å²) in [7, 11) is 0. The van der Waals surface area contributed by atoms with Crippen molar-refractivity contribution in [3.05, 3.63) is 34.4 Å². The van der Waals surface area contributed by atoms with E-state index >= 15 is 0 Å². The molecule has 1 fully saturated rings. The van der Waals surface area contributed by atoms with Crippen molar-refractivity contribution in [2.45, 2.75) is 66.2 Å². The van der Waals surface area contributed by atoms with Crippen LogP contribution in [0.15, 0.2) is 12.1 Å². The quantitative estimate of drug-likeness (QED) is 0.772. The average Bonchev–Trinajstić information content (AvgIpc) is 2.63. The maximum absolute atomic E-state index is 12.4. The van der Waals surface area contributed by atoms with Gasteiger partial charge in [0, 0.05) is 19.6 Å². The predicted molar refractivity (Wildman–Crippen MR) is 113 cm³/mol. The Morgan fingerprint density at radius 2 is 1.71 bits per heavy atom. The van der Waals surface area contributed by atoms with Crippen molar-refractivity contribution in [3.63, 3.8) is 0 Å². The number of carbonyl (C=O) groups excluding carboxylic acids is 2. The third-order valence-corrected chi connectivity index (χ3v) is 5.62. The third kappa shape index (κ3) is 5.73. The van der Waals surface area contributed by atoms with Crippen LogP contribution in [0.2, 0.25) is 0 Å². The van der Waals surface area contributed by atoms with Crippen LogP contribution in [0.4, 0.5) is 4.79 Å². The Kier molecular flexibility index (Phi) is 7.50. The van der Waals surface area contributed by atoms with Crippen molar-refractivity contribution < 1.29 is 14.3 Å². The second-order valence-electron chi connectivity index (χ2n) is 8.83. The lowest BCUT2D eigenvalue weighted by molar-refractivity contribution is -0.149. The van der Waals surface area contributed by atoms with Gasteiger partial charge in [-0.25, -0.2) is 4.79 Å². The summed E-state index contributed by atoms with van der Waals surface area (Å²) in [5, 5.41) is 3.04. The Morgan fingerprint density at radius 3 is 2.21 bits per heavy atom. The summed E-state index contributed by atoms with van der Waals surface area (Å²) in [5.74, 6) is -0.206. The number of hydrogen-bond donors (Lipinski definition) is 1. The lowest BCUT2D eigenvalue weighted by Crippen LogP contribution is -2.46. The summed E-state index contributed by atoms with van der Waals surface area (Å²) in [6.07, 6.45) is 2.19. The molecular formula is C23H36N2O3. The van der Waals surface area contributed by atoms with E-state index in [0.29, 0.717) is 39.1 Å². The van der Waals surface area contributed by atoms with E-state index in [2.05, 4.69) is 52.1 Å². The number of esters is 1. The highest BCUT2D eigenvalue weighted by atomic mass is 16.5. The van der Waals surface area contributed by atoms with Gasteiger partial charge in [0.15, 0.2) is 0 Å². The van der Waals surface area contributed by atoms with E-state index in [-0.39, 0.29) is 23.3 Å². The van der Waals surface area contributed by atoms with Crippen LogP contribution in [-0.4, -0.2) is 43.1 Å². The topological polar surface area (TPSA) is 58.6 Å². The largest absolute Gasteiger partial charge is 0.466 e. The molecule has 2 amide bonds. The second-order valence-corrected chi connectivity index (χ2v) is 8.83. The number of piperidine rings is 1. The van der Waals surface area contributed by atoms with Crippen LogP contribution in [0.5, 0.6) is 0 Å². The molecule has 0 aromatic heterocycles. The zero-order valence-electron chi connectivity index (χ0n) is 18.4. The minimum absolute atomic E-state index is 0.0380. The van der Waals surface area contributed by atoms with Gasteiger partial charge < -0.3 is 15.0 Å². The van der Waals surface area contributed by atoms with Gasteiger partial charge in [0.05, 0.1) is 12.5 Å². The standard InChI is InChI=1S/C23H36N2O3/c1-7-28-21(26)18-9-12-25(13-10-18)22(27)24-11-8-20-16(2)14-19(15-17(20)3)23(4,5)6/h14-15,18H,7-13H2,1-6H3,(H,24,27). The van der Waals surface area contributed by atoms with Gasteiger partial charge in [0.25, 0.3) is 0 Å². The molecule has 1 aromatic rings. The molecule has 1 aliphatic heterocycles. The molecule has 0 bridgehead atoms. The Balaban J connectivity index is 1.84. The summed E-state index contributed by atoms with van der Waals surface area (Å²) < 4.78 is 5.08. The number of hydrogen-bond acceptors (Lipinski definition) is 3. The van der Waals surface area contributed by atoms with Crippen LogP contribution in [-0.2, 0) is 21.4 Å². The number of benzene rings is 1. The number of urea groups is 1. The molecule has 0 unspecified atom stereocenters. The van der Waals surface area contributed by atoms with Crippen molar-refractivity contribution in [3.8, 4) is 0 Å². The van der Waals surface area contributed by atoms with E-state index in [4.69, 9.17) is 4.74 Å². The van der Waals surface area contributed by atoms with Crippen LogP contribution in [0.3, 0.4) is 0 Å². The van der Waals surface area contributed by atoms with Crippen LogP contribution in [0.25, 0.3) is 0 Å². The Labute approximate surface area is 169 Å². The molecule has 0 radical (unpaired) electrons. The molecule has 28 heavy (non-hydrogen) atoms. The lowest BCUT2D eigenvalue weighted by Gasteiger charge is -2.31. The first kappa shape index (κ1) is 22.3. The summed E-state index contributed by atoms with van der Waals surface area (Å²) in [6, 6.07) is 4.50. The van der Waals surface area contributed by atoms with Crippen molar-refractivity contribution in [2.24, 2.45) is 5.92 Å². The van der Waals surface area contributed by atoms with E-state index in [0.717, 1.165) is 6.42 Å². The molecule has 1 aromatic carbocycles. The molecule has 5 heteroatoms. The molecule has 1 saturated heterocycles. The first-order chi connectivity index (χ1) is 13.1. The molecule has 0 atom stereocenters. The van der Waals surface area contributed by atoms with Crippen LogP contribution in [0, 0.1) is 19.8 Å². The number of rotatable bonds is 5. The average molecular weight is 389 g/mol. The Bertz CT molecular complexity index is 675. The van der Waals surface area contributed by atoms with E-state index < -0.39 is 0 Å². The minimum Gasteiger partial charge on any atom is -0.466 e. The maximum atomic E-state index is 12.4. The van der Waals surface area contributed by atoms with Crippen molar-refractivity contribution in [1.82, 2.24) is 10.2 Å². The van der Waals surface area contributed by atoms with Crippen molar-refractivity contribution in [1.29, 1.82) is 0 Å². The fraction of sp³-hybridized carbons (Fsp3) is 0.652. The minimum atomic E-state index is -0.132. The van der Waals surface area contributed by atoms with Crippen molar-refractivity contribution in [2.75, 3.05) is 26.2 Å². The van der Waals surface area contributed by atoms with E-state index in [9.17, 15) is 9.59 Å². The molecule has 1 aliphatic rings. The number of ether oxygens (including phenoxy) is 1. The monoisotopic (exact) mass is 388 g/mol. The van der Waals surface area contributed by atoms with Crippen LogP contribution >= 0.6 is 0 Å². The molecule has 1 N–H and O–H groups in total. The first-order valence-corrected chi connectivity index (χ1v) is 10.4. The van der Waals surface area contributed by atoms with E-state index in [1.807, 2.05) is 6.92 Å². The highest BCUT2D eigenvalue weighted by Crippen LogP contribution is 2.27. The zero-order chi connectivity index (χ0) is 20.9. The molecular weight excluding hydrogens is 352 g/mol. The number of carbonyl (C=O) groups is 2. The third-order valence-electron chi connectivity index (χ3n) is 5.62. The van der Waals surface area contributed by atoms with E-state index in [1.54, 1.807) is 4.90 Å². The highest BCUT2D eigenvalue weighted by Gasteiger charge is 2.28. The van der Waals surface area contributed by atoms with Gasteiger partial charge in [-0.1, -0.05) is 32.9 Å².